The topological polar surface area (TPSA) is 210 Å². The Balaban J connectivity index is 1.71. The molecule has 0 saturated carbocycles. The van der Waals surface area contributed by atoms with Crippen molar-refractivity contribution in [1.29, 1.82) is 0 Å². The van der Waals surface area contributed by atoms with Gasteiger partial charge in [-0.05, 0) is 39.8 Å². The number of nitrogens with one attached hydrogen (secondary N) is 2. The van der Waals surface area contributed by atoms with Gasteiger partial charge in [0.15, 0.2) is 11.6 Å². The van der Waals surface area contributed by atoms with Crippen molar-refractivity contribution in [2.45, 2.75) is 9.79 Å². The van der Waals surface area contributed by atoms with Gasteiger partial charge in [-0.2, -0.15) is 16.8 Å². The molecule has 0 fully saturated rings. The maximum Gasteiger partial charge on any atom is 0.298 e. The van der Waals surface area contributed by atoms with Crippen molar-refractivity contribution in [1.82, 2.24) is 30.8 Å². The quantitative estimate of drug-likeness (QED) is 0.191. The molecule has 36 heavy (non-hydrogen) atoms. The number of benzene rings is 2. The molecular formula is C20H16N8O6S2. The first kappa shape index (κ1) is 24.7. The highest BCUT2D eigenvalue weighted by Gasteiger charge is 2.30. The largest absolute Gasteiger partial charge is 0.339 e. The lowest BCUT2D eigenvalue weighted by Crippen LogP contribution is -2.13. The molecule has 2 aromatic heterocycles. The maximum atomic E-state index is 12.2. The van der Waals surface area contributed by atoms with E-state index in [-0.39, 0.29) is 17.1 Å². The fraction of sp³-hybridized carbons (Fsp3) is 0. The summed E-state index contributed by atoms with van der Waals surface area (Å²) in [7, 11) is -10.2. The molecule has 0 aliphatic heterocycles. The van der Waals surface area contributed by atoms with Crippen LogP contribution in [0.5, 0.6) is 0 Å². The van der Waals surface area contributed by atoms with Crippen molar-refractivity contribution < 1.29 is 25.9 Å². The SMILES string of the molecule is O=S(=O)(O)c1c(C=Cc2ccc(Nc3ccnnn3)cc2)ccc(Nc2ccnnn2)c1S(=O)(=O)O. The van der Waals surface area contributed by atoms with Crippen molar-refractivity contribution in [2.24, 2.45) is 0 Å². The zero-order chi connectivity index (χ0) is 25.8. The minimum atomic E-state index is -5.13. The van der Waals surface area contributed by atoms with Crippen LogP contribution in [0.25, 0.3) is 12.2 Å². The first-order chi connectivity index (χ1) is 17.1. The van der Waals surface area contributed by atoms with Crippen molar-refractivity contribution in [3.8, 4) is 0 Å². The maximum absolute atomic E-state index is 12.2. The van der Waals surface area contributed by atoms with Crippen LogP contribution < -0.4 is 10.6 Å². The standard InChI is InChI=1S/C20H16N8O6S2/c29-35(30,31)19-14(4-1-13-2-6-15(7-3-13)23-17-9-11-21-27-25-17)5-8-16(20(19)36(32,33)34)24-18-10-12-22-28-26-18/h1-12H,(H,21,23,25)(H,22,24,26)(H,29,30,31)(H,32,33,34). The van der Waals surface area contributed by atoms with Crippen LogP contribution in [0.15, 0.2) is 70.7 Å². The third-order valence-corrected chi connectivity index (χ3v) is 6.59. The first-order valence-electron chi connectivity index (χ1n) is 9.84. The lowest BCUT2D eigenvalue weighted by Gasteiger charge is -2.14. The second kappa shape index (κ2) is 10.1. The summed E-state index contributed by atoms with van der Waals surface area (Å²) in [5, 5.41) is 27.0. The lowest BCUT2D eigenvalue weighted by atomic mass is 10.1. The van der Waals surface area contributed by atoms with Gasteiger partial charge in [-0.3, -0.25) is 9.11 Å². The van der Waals surface area contributed by atoms with Gasteiger partial charge in [0.2, 0.25) is 0 Å². The number of aromatic nitrogens is 6. The van der Waals surface area contributed by atoms with Crippen LogP contribution in [0.4, 0.5) is 23.0 Å². The van der Waals surface area contributed by atoms with Gasteiger partial charge < -0.3 is 10.6 Å². The molecule has 0 atom stereocenters. The third kappa shape index (κ3) is 5.99. The molecule has 0 unspecified atom stereocenters. The van der Waals surface area contributed by atoms with Crippen LogP contribution in [0.1, 0.15) is 11.1 Å². The summed E-state index contributed by atoms with van der Waals surface area (Å²) in [6.07, 6.45) is 5.51. The predicted molar refractivity (Wildman–Crippen MR) is 128 cm³/mol. The Hall–Kier alpha value is -4.38. The lowest BCUT2D eigenvalue weighted by molar-refractivity contribution is 0.467. The monoisotopic (exact) mass is 528 g/mol. The predicted octanol–water partition coefficient (Wildman–Crippen LogP) is 2.21. The molecule has 16 heteroatoms. The van der Waals surface area contributed by atoms with Crippen LogP contribution in [-0.2, 0) is 20.2 Å². The number of nitrogens with zero attached hydrogens (tertiary/aromatic N) is 6. The van der Waals surface area contributed by atoms with E-state index in [0.29, 0.717) is 17.1 Å². The molecule has 0 bridgehead atoms. The summed E-state index contributed by atoms with van der Waals surface area (Å²) < 4.78 is 68.4. The third-order valence-electron chi connectivity index (χ3n) is 4.57. The van der Waals surface area contributed by atoms with Gasteiger partial charge in [0.05, 0.1) is 18.1 Å². The molecule has 0 aliphatic carbocycles. The molecule has 4 aromatic rings. The molecule has 0 amide bonds. The Morgan fingerprint density at radius 1 is 0.667 bits per heavy atom. The van der Waals surface area contributed by atoms with Crippen LogP contribution in [0.2, 0.25) is 0 Å². The normalized spacial score (nSPS) is 11.9. The molecule has 2 aromatic carbocycles. The Kier molecular flexibility index (Phi) is 6.93. The van der Waals surface area contributed by atoms with Gasteiger partial charge in [0, 0.05) is 17.8 Å². The summed E-state index contributed by atoms with van der Waals surface area (Å²) in [5.41, 5.74) is 0.767. The van der Waals surface area contributed by atoms with Crippen LogP contribution >= 0.6 is 0 Å². The smallest absolute Gasteiger partial charge is 0.298 e. The molecule has 2 heterocycles. The number of rotatable bonds is 8. The van der Waals surface area contributed by atoms with Crippen molar-refractivity contribution >= 4 is 55.4 Å². The summed E-state index contributed by atoms with van der Waals surface area (Å²) in [5.74, 6) is 0.501. The molecule has 0 aliphatic rings. The van der Waals surface area contributed by atoms with Crippen LogP contribution in [0.3, 0.4) is 0 Å². The van der Waals surface area contributed by atoms with E-state index >= 15 is 0 Å². The molecule has 0 spiro atoms. The highest BCUT2D eigenvalue weighted by Crippen LogP contribution is 2.34. The highest BCUT2D eigenvalue weighted by atomic mass is 32.2. The Bertz CT molecular complexity index is 1620. The van der Waals surface area contributed by atoms with Gasteiger partial charge in [-0.15, -0.1) is 20.4 Å². The van der Waals surface area contributed by atoms with Gasteiger partial charge in [-0.1, -0.05) is 30.4 Å². The van der Waals surface area contributed by atoms with E-state index in [1.807, 2.05) is 0 Å². The Morgan fingerprint density at radius 2 is 1.25 bits per heavy atom. The van der Waals surface area contributed by atoms with Gasteiger partial charge in [0.1, 0.15) is 9.79 Å². The first-order valence-corrected chi connectivity index (χ1v) is 12.7. The summed E-state index contributed by atoms with van der Waals surface area (Å²) in [6.45, 7) is 0. The molecule has 4 rings (SSSR count). The van der Waals surface area contributed by atoms with Gasteiger partial charge >= 0.3 is 0 Å². The Morgan fingerprint density at radius 3 is 1.78 bits per heavy atom. The summed E-state index contributed by atoms with van der Waals surface area (Å²) in [6, 6.07) is 12.3. The average molecular weight is 529 g/mol. The van der Waals surface area contributed by atoms with Crippen molar-refractivity contribution in [3.05, 3.63) is 72.1 Å². The van der Waals surface area contributed by atoms with Crippen molar-refractivity contribution in [2.75, 3.05) is 10.6 Å². The minimum absolute atomic E-state index is 0.0194. The molecule has 14 nitrogen and oxygen atoms in total. The molecule has 0 radical (unpaired) electrons. The van der Waals surface area contributed by atoms with Crippen molar-refractivity contribution in [3.63, 3.8) is 0 Å². The van der Waals surface area contributed by atoms with E-state index in [2.05, 4.69) is 41.5 Å². The molecule has 4 N–H and O–H groups in total. The summed E-state index contributed by atoms with van der Waals surface area (Å²) >= 11 is 0. The fourth-order valence-corrected chi connectivity index (χ4v) is 5.25. The minimum Gasteiger partial charge on any atom is -0.339 e. The van der Waals surface area contributed by atoms with E-state index in [0.717, 1.165) is 0 Å². The van der Waals surface area contributed by atoms with E-state index in [1.54, 1.807) is 30.3 Å². The summed E-state index contributed by atoms with van der Waals surface area (Å²) in [4.78, 5) is -2.06. The van der Waals surface area contributed by atoms with E-state index in [9.17, 15) is 25.9 Å². The second-order valence-corrected chi connectivity index (χ2v) is 9.74. The van der Waals surface area contributed by atoms with Crippen LogP contribution in [0, 0.1) is 0 Å². The highest BCUT2D eigenvalue weighted by molar-refractivity contribution is 7.89. The second-order valence-electron chi connectivity index (χ2n) is 7.03. The zero-order valence-corrected chi connectivity index (χ0v) is 19.6. The van der Waals surface area contributed by atoms with Crippen LogP contribution in [-0.4, -0.2) is 56.8 Å². The number of hydrogen-bond acceptors (Lipinski definition) is 12. The molecular weight excluding hydrogens is 512 g/mol. The number of hydrogen-bond donors (Lipinski definition) is 4. The van der Waals surface area contributed by atoms with E-state index < -0.39 is 30.0 Å². The Labute approximate surface area is 204 Å². The average Bonchev–Trinajstić information content (AvgIpc) is 2.84. The molecule has 0 saturated heterocycles. The van der Waals surface area contributed by atoms with Gasteiger partial charge in [0.25, 0.3) is 20.2 Å². The van der Waals surface area contributed by atoms with E-state index in [1.165, 1.54) is 42.7 Å². The van der Waals surface area contributed by atoms with Gasteiger partial charge in [-0.25, -0.2) is 0 Å². The fourth-order valence-electron chi connectivity index (χ4n) is 3.09. The number of anilines is 4. The molecule has 184 valence electrons. The zero-order valence-electron chi connectivity index (χ0n) is 18.0. The van der Waals surface area contributed by atoms with E-state index in [4.69, 9.17) is 0 Å².